The van der Waals surface area contributed by atoms with Crippen LogP contribution in [0.15, 0.2) is 36.4 Å². The highest BCUT2D eigenvalue weighted by Gasteiger charge is 2.26. The fourth-order valence-electron chi connectivity index (χ4n) is 4.11. The van der Waals surface area contributed by atoms with Gasteiger partial charge in [0.15, 0.2) is 13.6 Å². The van der Waals surface area contributed by atoms with Crippen LogP contribution in [0, 0.1) is 0 Å². The Morgan fingerprint density at radius 2 is 1.33 bits per heavy atom. The average Bonchev–Trinajstić information content (AvgIpc) is 2.74. The van der Waals surface area contributed by atoms with Crippen molar-refractivity contribution in [3.63, 3.8) is 0 Å². The molecule has 2 aromatic rings. The minimum absolute atomic E-state index is 0.187. The molecule has 5 rings (SSSR count). The van der Waals surface area contributed by atoms with E-state index in [4.69, 9.17) is 18.9 Å². The van der Waals surface area contributed by atoms with Gasteiger partial charge in [0.25, 0.3) is 0 Å². The molecule has 1 N–H and O–H groups in total. The summed E-state index contributed by atoms with van der Waals surface area (Å²) in [6, 6.07) is 13.2. The first-order valence-corrected chi connectivity index (χ1v) is 9.50. The Labute approximate surface area is 159 Å². The highest BCUT2D eigenvalue weighted by Crippen LogP contribution is 2.36. The fraction of sp³-hybridized carbons (Fsp3) is 0.429. The van der Waals surface area contributed by atoms with Gasteiger partial charge in [0.05, 0.1) is 19.3 Å². The van der Waals surface area contributed by atoms with Crippen LogP contribution < -0.4 is 14.8 Å². The normalized spacial score (nSPS) is 19.7. The lowest BCUT2D eigenvalue weighted by Crippen LogP contribution is -2.45. The average molecular weight is 368 g/mol. The molecule has 27 heavy (non-hydrogen) atoms. The smallest absolute Gasteiger partial charge is 0.189 e. The van der Waals surface area contributed by atoms with Crippen molar-refractivity contribution in [1.29, 1.82) is 0 Å². The Hall–Kier alpha value is -2.12. The Kier molecular flexibility index (Phi) is 4.71. The van der Waals surface area contributed by atoms with Gasteiger partial charge in [-0.25, -0.2) is 0 Å². The monoisotopic (exact) mass is 368 g/mol. The number of nitrogens with zero attached hydrogens (tertiary/aromatic N) is 1. The van der Waals surface area contributed by atoms with Gasteiger partial charge in [-0.1, -0.05) is 12.1 Å². The Morgan fingerprint density at radius 3 is 1.89 bits per heavy atom. The number of piperazine rings is 1. The summed E-state index contributed by atoms with van der Waals surface area (Å²) >= 11 is 0. The summed E-state index contributed by atoms with van der Waals surface area (Å²) in [4.78, 5) is 2.54. The molecular weight excluding hydrogens is 344 g/mol. The summed E-state index contributed by atoms with van der Waals surface area (Å²) in [6.45, 7) is 5.90. The molecule has 1 fully saturated rings. The first kappa shape index (κ1) is 17.0. The Bertz CT molecular complexity index is 760. The highest BCUT2D eigenvalue weighted by atomic mass is 16.7. The van der Waals surface area contributed by atoms with Crippen molar-refractivity contribution in [3.05, 3.63) is 58.7 Å². The summed E-state index contributed by atoms with van der Waals surface area (Å²) in [6.07, 6.45) is 0. The number of fused-ring (bicyclic) bond motifs is 2. The lowest BCUT2D eigenvalue weighted by molar-refractivity contribution is -0.0164. The van der Waals surface area contributed by atoms with Crippen molar-refractivity contribution in [1.82, 2.24) is 10.2 Å². The third kappa shape index (κ3) is 3.41. The molecule has 142 valence electrons. The van der Waals surface area contributed by atoms with Gasteiger partial charge in [-0.15, -0.1) is 0 Å². The molecular formula is C21H24N2O4. The number of ether oxygens (including phenoxy) is 4. The minimum Gasteiger partial charge on any atom is -0.467 e. The van der Waals surface area contributed by atoms with Crippen molar-refractivity contribution < 1.29 is 18.9 Å². The molecule has 3 heterocycles. The van der Waals surface area contributed by atoms with Gasteiger partial charge in [0, 0.05) is 37.3 Å². The Balaban J connectivity index is 1.55. The van der Waals surface area contributed by atoms with E-state index in [-0.39, 0.29) is 6.04 Å². The lowest BCUT2D eigenvalue weighted by atomic mass is 9.93. The molecule has 6 heteroatoms. The molecule has 3 aliphatic rings. The fourth-order valence-corrected chi connectivity index (χ4v) is 4.11. The van der Waals surface area contributed by atoms with E-state index in [0.29, 0.717) is 26.8 Å². The first-order valence-electron chi connectivity index (χ1n) is 9.50. The van der Waals surface area contributed by atoms with E-state index in [1.165, 1.54) is 11.1 Å². The number of rotatable bonds is 3. The van der Waals surface area contributed by atoms with Crippen LogP contribution in [-0.4, -0.2) is 44.7 Å². The van der Waals surface area contributed by atoms with Crippen molar-refractivity contribution in [3.8, 4) is 11.5 Å². The zero-order chi connectivity index (χ0) is 18.1. The topological polar surface area (TPSA) is 52.2 Å². The second-order valence-corrected chi connectivity index (χ2v) is 7.14. The van der Waals surface area contributed by atoms with Gasteiger partial charge in [-0.3, -0.25) is 4.90 Å². The van der Waals surface area contributed by atoms with Crippen molar-refractivity contribution in [2.24, 2.45) is 0 Å². The molecule has 0 unspecified atom stereocenters. The second kappa shape index (κ2) is 7.48. The zero-order valence-corrected chi connectivity index (χ0v) is 15.3. The molecule has 3 aliphatic heterocycles. The maximum Gasteiger partial charge on any atom is 0.189 e. The zero-order valence-electron chi connectivity index (χ0n) is 15.3. The van der Waals surface area contributed by atoms with Gasteiger partial charge in [0.1, 0.15) is 11.5 Å². The van der Waals surface area contributed by atoms with Gasteiger partial charge < -0.3 is 24.3 Å². The van der Waals surface area contributed by atoms with E-state index in [1.54, 1.807) is 0 Å². The highest BCUT2D eigenvalue weighted by molar-refractivity contribution is 5.45. The van der Waals surface area contributed by atoms with E-state index in [1.807, 2.05) is 0 Å². The van der Waals surface area contributed by atoms with Crippen molar-refractivity contribution in [2.45, 2.75) is 19.3 Å². The predicted octanol–water partition coefficient (Wildman–Crippen LogP) is 2.41. The molecule has 0 bridgehead atoms. The van der Waals surface area contributed by atoms with Gasteiger partial charge in [-0.05, 0) is 35.4 Å². The summed E-state index contributed by atoms with van der Waals surface area (Å²) in [5.41, 5.74) is 4.76. The maximum absolute atomic E-state index is 5.60. The summed E-state index contributed by atoms with van der Waals surface area (Å²) in [7, 11) is 0. The van der Waals surface area contributed by atoms with E-state index >= 15 is 0 Å². The lowest BCUT2D eigenvalue weighted by Gasteiger charge is -2.36. The van der Waals surface area contributed by atoms with Crippen LogP contribution in [0.25, 0.3) is 0 Å². The summed E-state index contributed by atoms with van der Waals surface area (Å²) in [5.74, 6) is 1.85. The van der Waals surface area contributed by atoms with Crippen molar-refractivity contribution >= 4 is 0 Å². The minimum atomic E-state index is 0.187. The third-order valence-corrected chi connectivity index (χ3v) is 5.43. The van der Waals surface area contributed by atoms with E-state index < -0.39 is 0 Å². The third-order valence-electron chi connectivity index (χ3n) is 5.43. The van der Waals surface area contributed by atoms with Crippen LogP contribution in [-0.2, 0) is 22.7 Å². The van der Waals surface area contributed by atoms with Crippen LogP contribution in [0.1, 0.15) is 28.3 Å². The first-order chi connectivity index (χ1) is 13.4. The maximum atomic E-state index is 5.60. The molecule has 0 aliphatic carbocycles. The van der Waals surface area contributed by atoms with E-state index in [9.17, 15) is 0 Å². The quantitative estimate of drug-likeness (QED) is 0.898. The van der Waals surface area contributed by atoms with Crippen LogP contribution in [0.2, 0.25) is 0 Å². The predicted molar refractivity (Wildman–Crippen MR) is 99.7 cm³/mol. The molecule has 0 atom stereocenters. The standard InChI is InChI=1S/C21H24N2O4/c1-3-19-17(11-24-13-26-19)9-15(1)21(23-7-5-22-6-8-23)16-2-4-20-18(10-16)12-25-14-27-20/h1-4,9-10,21-22H,5-8,11-14H2. The SMILES string of the molecule is c1cc2c(cc1C(c1ccc3c(c1)COCO3)N1CCNCC1)COCO2. The summed E-state index contributed by atoms with van der Waals surface area (Å²) < 4.78 is 22.2. The van der Waals surface area contributed by atoms with Crippen LogP contribution in [0.3, 0.4) is 0 Å². The molecule has 0 amide bonds. The molecule has 6 nitrogen and oxygen atoms in total. The largest absolute Gasteiger partial charge is 0.467 e. The second-order valence-electron chi connectivity index (χ2n) is 7.14. The molecule has 0 radical (unpaired) electrons. The molecule has 2 aromatic carbocycles. The van der Waals surface area contributed by atoms with E-state index in [0.717, 1.165) is 48.8 Å². The summed E-state index contributed by atoms with van der Waals surface area (Å²) in [5, 5.41) is 3.45. The van der Waals surface area contributed by atoms with Crippen LogP contribution in [0.4, 0.5) is 0 Å². The number of nitrogens with one attached hydrogen (secondary N) is 1. The molecule has 1 saturated heterocycles. The molecule has 0 aromatic heterocycles. The van der Waals surface area contributed by atoms with Gasteiger partial charge in [-0.2, -0.15) is 0 Å². The van der Waals surface area contributed by atoms with Crippen molar-refractivity contribution in [2.75, 3.05) is 39.8 Å². The number of hydrogen-bond donors (Lipinski definition) is 1. The van der Waals surface area contributed by atoms with E-state index in [2.05, 4.69) is 46.6 Å². The molecule has 0 saturated carbocycles. The van der Waals surface area contributed by atoms with Gasteiger partial charge in [0.2, 0.25) is 0 Å². The van der Waals surface area contributed by atoms with Gasteiger partial charge >= 0.3 is 0 Å². The van der Waals surface area contributed by atoms with Crippen LogP contribution >= 0.6 is 0 Å². The molecule has 0 spiro atoms. The number of hydrogen-bond acceptors (Lipinski definition) is 6. The Morgan fingerprint density at radius 1 is 0.778 bits per heavy atom. The van der Waals surface area contributed by atoms with Crippen LogP contribution in [0.5, 0.6) is 11.5 Å². The number of benzene rings is 2.